The van der Waals surface area contributed by atoms with Crippen LogP contribution in [0, 0.1) is 17.5 Å². The Hall–Kier alpha value is -3.09. The summed E-state index contributed by atoms with van der Waals surface area (Å²) < 4.78 is 46.3. The van der Waals surface area contributed by atoms with E-state index in [0.29, 0.717) is 11.1 Å². The van der Waals surface area contributed by atoms with Gasteiger partial charge in [-0.25, -0.2) is 22.9 Å². The molecule has 0 amide bonds. The molecule has 0 radical (unpaired) electrons. The first-order chi connectivity index (χ1) is 11.4. The molecule has 3 rings (SSSR count). The number of ether oxygens (including phenoxy) is 1. The van der Waals surface area contributed by atoms with Crippen molar-refractivity contribution in [1.82, 2.24) is 4.98 Å². The molecular weight excluding hydrogens is 323 g/mol. The standard InChI is InChI=1S/C17H10F3NO3/c1-24-16-13-10(6-12(18)14(19)15(13)20)11(7-21-16)8-2-4-9(5-3-8)17(22)23/h2-7H,1H3,(H,22,23). The van der Waals surface area contributed by atoms with Gasteiger partial charge in [-0.05, 0) is 23.8 Å². The molecule has 0 atom stereocenters. The number of aromatic nitrogens is 1. The number of hydrogen-bond acceptors (Lipinski definition) is 3. The van der Waals surface area contributed by atoms with Crippen molar-refractivity contribution in [2.45, 2.75) is 0 Å². The number of rotatable bonds is 3. The van der Waals surface area contributed by atoms with Crippen molar-refractivity contribution >= 4 is 16.7 Å². The van der Waals surface area contributed by atoms with E-state index in [4.69, 9.17) is 9.84 Å². The molecule has 0 spiro atoms. The van der Waals surface area contributed by atoms with Gasteiger partial charge in [0.1, 0.15) is 0 Å². The summed E-state index contributed by atoms with van der Waals surface area (Å²) in [7, 11) is 1.24. The van der Waals surface area contributed by atoms with Crippen LogP contribution in [0.5, 0.6) is 5.88 Å². The summed E-state index contributed by atoms with van der Waals surface area (Å²) in [6, 6.07) is 6.52. The first kappa shape index (κ1) is 15.8. The third-order valence-electron chi connectivity index (χ3n) is 3.61. The normalized spacial score (nSPS) is 10.8. The van der Waals surface area contributed by atoms with Crippen LogP contribution in [0.1, 0.15) is 10.4 Å². The number of nitrogens with zero attached hydrogens (tertiary/aromatic N) is 1. The molecule has 4 nitrogen and oxygen atoms in total. The maximum atomic E-state index is 14.2. The minimum atomic E-state index is -1.61. The van der Waals surface area contributed by atoms with Gasteiger partial charge in [-0.2, -0.15) is 0 Å². The Kier molecular flexibility index (Phi) is 3.84. The first-order valence-corrected chi connectivity index (χ1v) is 6.78. The Labute approximate surface area is 134 Å². The Balaban J connectivity index is 2.31. The van der Waals surface area contributed by atoms with Crippen LogP contribution >= 0.6 is 0 Å². The van der Waals surface area contributed by atoms with Gasteiger partial charge >= 0.3 is 5.97 Å². The van der Waals surface area contributed by atoms with Crippen LogP contribution in [-0.2, 0) is 0 Å². The fraction of sp³-hybridized carbons (Fsp3) is 0.0588. The molecule has 0 saturated carbocycles. The predicted octanol–water partition coefficient (Wildman–Crippen LogP) is 4.03. The molecule has 7 heteroatoms. The average molecular weight is 333 g/mol. The Bertz CT molecular complexity index is 956. The first-order valence-electron chi connectivity index (χ1n) is 6.78. The molecule has 0 unspecified atom stereocenters. The summed E-state index contributed by atoms with van der Waals surface area (Å²) in [6.45, 7) is 0. The molecule has 0 aliphatic rings. The zero-order valence-electron chi connectivity index (χ0n) is 12.3. The number of carboxylic acids is 1. The number of hydrogen-bond donors (Lipinski definition) is 1. The molecule has 2 aromatic carbocycles. The lowest BCUT2D eigenvalue weighted by atomic mass is 9.99. The van der Waals surface area contributed by atoms with Gasteiger partial charge in [-0.1, -0.05) is 12.1 Å². The molecule has 0 bridgehead atoms. The lowest BCUT2D eigenvalue weighted by Crippen LogP contribution is -1.99. The lowest BCUT2D eigenvalue weighted by Gasteiger charge is -2.11. The van der Waals surface area contributed by atoms with E-state index in [1.807, 2.05) is 0 Å². The fourth-order valence-electron chi connectivity index (χ4n) is 2.45. The molecule has 122 valence electrons. The number of carboxylic acid groups (broad SMARTS) is 1. The largest absolute Gasteiger partial charge is 0.480 e. The molecule has 1 heterocycles. The van der Waals surface area contributed by atoms with Crippen LogP contribution < -0.4 is 4.74 Å². The van der Waals surface area contributed by atoms with E-state index in [2.05, 4.69) is 4.98 Å². The summed E-state index contributed by atoms with van der Waals surface area (Å²) in [6.07, 6.45) is 1.33. The number of pyridine rings is 1. The Morgan fingerprint density at radius 3 is 2.38 bits per heavy atom. The third-order valence-corrected chi connectivity index (χ3v) is 3.61. The minimum Gasteiger partial charge on any atom is -0.480 e. The molecule has 1 N–H and O–H groups in total. The number of carbonyl (C=O) groups is 1. The fourth-order valence-corrected chi connectivity index (χ4v) is 2.45. The zero-order chi connectivity index (χ0) is 17.4. The van der Waals surface area contributed by atoms with Crippen LogP contribution in [0.25, 0.3) is 21.9 Å². The number of methoxy groups -OCH3 is 1. The van der Waals surface area contributed by atoms with Crippen LogP contribution in [0.2, 0.25) is 0 Å². The van der Waals surface area contributed by atoms with Gasteiger partial charge in [-0.3, -0.25) is 0 Å². The van der Waals surface area contributed by atoms with Crippen LogP contribution in [0.4, 0.5) is 13.2 Å². The van der Waals surface area contributed by atoms with Gasteiger partial charge in [-0.15, -0.1) is 0 Å². The topological polar surface area (TPSA) is 59.4 Å². The highest BCUT2D eigenvalue weighted by Crippen LogP contribution is 2.36. The second-order valence-corrected chi connectivity index (χ2v) is 4.97. The summed E-state index contributed by atoms with van der Waals surface area (Å²) in [5, 5.41) is 8.71. The molecule has 0 fully saturated rings. The Morgan fingerprint density at radius 2 is 1.79 bits per heavy atom. The van der Waals surface area contributed by atoms with E-state index < -0.39 is 23.4 Å². The number of aromatic carboxylic acids is 1. The third kappa shape index (κ3) is 2.44. The average Bonchev–Trinajstić information content (AvgIpc) is 2.59. The van der Waals surface area contributed by atoms with Gasteiger partial charge in [0.2, 0.25) is 5.88 Å². The highest BCUT2D eigenvalue weighted by atomic mass is 19.2. The number of halogens is 3. The van der Waals surface area contributed by atoms with Gasteiger partial charge < -0.3 is 9.84 Å². The number of fused-ring (bicyclic) bond motifs is 1. The van der Waals surface area contributed by atoms with E-state index in [0.717, 1.165) is 6.07 Å². The number of benzene rings is 2. The van der Waals surface area contributed by atoms with Gasteiger partial charge in [0.05, 0.1) is 18.1 Å². The van der Waals surface area contributed by atoms with E-state index in [-0.39, 0.29) is 22.2 Å². The molecule has 3 aromatic rings. The second kappa shape index (κ2) is 5.84. The summed E-state index contributed by atoms with van der Waals surface area (Å²) in [4.78, 5) is 14.8. The SMILES string of the molecule is COc1ncc(-c2ccc(C(=O)O)cc2)c2cc(F)c(F)c(F)c12. The van der Waals surface area contributed by atoms with Crippen molar-refractivity contribution in [1.29, 1.82) is 0 Å². The summed E-state index contributed by atoms with van der Waals surface area (Å²) >= 11 is 0. The van der Waals surface area contributed by atoms with Gasteiger partial charge in [0, 0.05) is 17.1 Å². The maximum Gasteiger partial charge on any atom is 0.335 e. The monoisotopic (exact) mass is 333 g/mol. The smallest absolute Gasteiger partial charge is 0.335 e. The maximum absolute atomic E-state index is 14.2. The summed E-state index contributed by atoms with van der Waals surface area (Å²) in [5.41, 5.74) is 0.860. The lowest BCUT2D eigenvalue weighted by molar-refractivity contribution is 0.0697. The molecule has 1 aromatic heterocycles. The van der Waals surface area contributed by atoms with E-state index in [1.54, 1.807) is 0 Å². The van der Waals surface area contributed by atoms with Gasteiger partial charge in [0.15, 0.2) is 17.5 Å². The highest BCUT2D eigenvalue weighted by Gasteiger charge is 2.20. The van der Waals surface area contributed by atoms with Crippen LogP contribution in [0.15, 0.2) is 36.5 Å². The highest BCUT2D eigenvalue weighted by molar-refractivity contribution is 5.99. The molecule has 0 aliphatic carbocycles. The van der Waals surface area contributed by atoms with Crippen molar-refractivity contribution in [3.63, 3.8) is 0 Å². The van der Waals surface area contributed by atoms with Crippen molar-refractivity contribution in [2.75, 3.05) is 7.11 Å². The quantitative estimate of drug-likeness (QED) is 0.735. The van der Waals surface area contributed by atoms with Gasteiger partial charge in [0.25, 0.3) is 0 Å². The van der Waals surface area contributed by atoms with Crippen molar-refractivity contribution in [3.05, 3.63) is 59.5 Å². The van der Waals surface area contributed by atoms with Crippen molar-refractivity contribution in [3.8, 4) is 17.0 Å². The van der Waals surface area contributed by atoms with Crippen molar-refractivity contribution in [2.24, 2.45) is 0 Å². The minimum absolute atomic E-state index is 0.0629. The molecule has 0 saturated heterocycles. The van der Waals surface area contributed by atoms with E-state index in [9.17, 15) is 18.0 Å². The Morgan fingerprint density at radius 1 is 1.12 bits per heavy atom. The summed E-state index contributed by atoms with van der Waals surface area (Å²) in [5.74, 6) is -5.61. The van der Waals surface area contributed by atoms with Crippen molar-refractivity contribution < 1.29 is 27.8 Å². The predicted molar refractivity (Wildman–Crippen MR) is 80.6 cm³/mol. The molecular formula is C17H10F3NO3. The second-order valence-electron chi connectivity index (χ2n) is 4.97. The molecule has 24 heavy (non-hydrogen) atoms. The van der Waals surface area contributed by atoms with Crippen LogP contribution in [-0.4, -0.2) is 23.2 Å². The van der Waals surface area contributed by atoms with Crippen LogP contribution in [0.3, 0.4) is 0 Å². The van der Waals surface area contributed by atoms with E-state index in [1.165, 1.54) is 37.6 Å². The zero-order valence-corrected chi connectivity index (χ0v) is 12.3. The molecule has 0 aliphatic heterocycles. The van der Waals surface area contributed by atoms with E-state index >= 15 is 0 Å².